The molecule has 0 aromatic carbocycles. The van der Waals surface area contributed by atoms with E-state index in [1.807, 2.05) is 0 Å². The van der Waals surface area contributed by atoms with Crippen LogP contribution in [0.1, 0.15) is 128 Å². The maximum absolute atomic E-state index is 13.3. The number of aliphatic carboxylic acids is 2. The van der Waals surface area contributed by atoms with Crippen LogP contribution < -0.4 is 10.2 Å². The number of carbonyl (C=O) groups is 2. The lowest BCUT2D eigenvalue weighted by molar-refractivity contribution is -0.339. The molecule has 0 bridgehead atoms. The van der Waals surface area contributed by atoms with Gasteiger partial charge in [-0.1, -0.05) is 13.8 Å². The number of likely N-dealkylation sites (tertiary alicyclic amines) is 2. The summed E-state index contributed by atoms with van der Waals surface area (Å²) >= 11 is 0. The Morgan fingerprint density at radius 2 is 1.00 bits per heavy atom. The van der Waals surface area contributed by atoms with E-state index in [0.717, 1.165) is 12.8 Å². The Bertz CT molecular complexity index is 730. The van der Waals surface area contributed by atoms with Crippen LogP contribution in [0, 0.1) is 17.3 Å². The van der Waals surface area contributed by atoms with Crippen molar-refractivity contribution in [2.75, 3.05) is 0 Å². The molecule has 2 unspecified atom stereocenters. The van der Waals surface area contributed by atoms with E-state index in [-0.39, 0.29) is 34.0 Å². The molecule has 0 spiro atoms. The molecule has 6 heteroatoms. The molecular weight excluding hydrogens is 452 g/mol. The third-order valence-electron chi connectivity index (χ3n) is 9.93. The average molecular weight is 507 g/mol. The number of carbonyl (C=O) groups excluding carboxylic acids is 2. The Labute approximate surface area is 221 Å². The van der Waals surface area contributed by atoms with Gasteiger partial charge in [0.1, 0.15) is 0 Å². The molecule has 36 heavy (non-hydrogen) atoms. The number of carboxylic acid groups (broad SMARTS) is 2. The smallest absolute Gasteiger partial charge is 0.0485 e. The highest BCUT2D eigenvalue weighted by Gasteiger charge is 2.59. The van der Waals surface area contributed by atoms with Gasteiger partial charge in [0.15, 0.2) is 0 Å². The second-order valence-corrected chi connectivity index (χ2v) is 14.6. The van der Waals surface area contributed by atoms with Gasteiger partial charge in [-0.05, 0) is 126 Å². The molecular formula is C30H54N2O4-2. The van der Waals surface area contributed by atoms with Gasteiger partial charge in [0.2, 0.25) is 0 Å². The van der Waals surface area contributed by atoms with Crippen molar-refractivity contribution in [2.45, 2.75) is 162 Å². The van der Waals surface area contributed by atoms with Crippen LogP contribution in [0.25, 0.3) is 0 Å². The minimum Gasteiger partial charge on any atom is -0.550 e. The predicted molar refractivity (Wildman–Crippen MR) is 142 cm³/mol. The SMILES string of the molecule is CCC(C)N1C(C)(C)CC(C(CC(=O)[O-])(C(=O)[O-])C2CC(C)(C)N(C(C)CC)C(C)(C)C2)CC1(C)C. The fourth-order valence-electron chi connectivity index (χ4n) is 9.33. The first kappa shape index (κ1) is 31.1. The van der Waals surface area contributed by atoms with Gasteiger partial charge in [-0.25, -0.2) is 0 Å². The number of piperidine rings is 2. The van der Waals surface area contributed by atoms with Gasteiger partial charge < -0.3 is 19.8 Å². The van der Waals surface area contributed by atoms with Crippen molar-refractivity contribution in [2.24, 2.45) is 17.3 Å². The zero-order chi connectivity index (χ0) is 28.1. The van der Waals surface area contributed by atoms with Crippen LogP contribution in [0.5, 0.6) is 0 Å². The summed E-state index contributed by atoms with van der Waals surface area (Å²) < 4.78 is 0. The molecule has 0 aliphatic carbocycles. The van der Waals surface area contributed by atoms with Crippen LogP contribution in [0.2, 0.25) is 0 Å². The van der Waals surface area contributed by atoms with Crippen LogP contribution in [0.3, 0.4) is 0 Å². The fraction of sp³-hybridized carbons (Fsp3) is 0.933. The summed E-state index contributed by atoms with van der Waals surface area (Å²) in [6.07, 6.45) is 3.98. The summed E-state index contributed by atoms with van der Waals surface area (Å²) in [5, 5.41) is 25.6. The molecule has 0 saturated carbocycles. The molecule has 2 atom stereocenters. The third-order valence-corrected chi connectivity index (χ3v) is 9.93. The van der Waals surface area contributed by atoms with Gasteiger partial charge in [-0.3, -0.25) is 9.80 Å². The predicted octanol–water partition coefficient (Wildman–Crippen LogP) is 4.00. The molecule has 2 saturated heterocycles. The lowest BCUT2D eigenvalue weighted by atomic mass is 9.52. The normalized spacial score (nSPS) is 28.2. The van der Waals surface area contributed by atoms with Crippen LogP contribution >= 0.6 is 0 Å². The number of rotatable bonds is 9. The molecule has 2 aliphatic rings. The Morgan fingerprint density at radius 3 is 1.19 bits per heavy atom. The molecule has 0 amide bonds. The molecule has 0 aromatic rings. The second-order valence-electron chi connectivity index (χ2n) is 14.6. The van der Waals surface area contributed by atoms with Gasteiger partial charge in [0.05, 0.1) is 0 Å². The third kappa shape index (κ3) is 5.50. The van der Waals surface area contributed by atoms with E-state index in [1.54, 1.807) is 0 Å². The molecule has 2 aliphatic heterocycles. The summed E-state index contributed by atoms with van der Waals surface area (Å²) in [6.45, 7) is 26.3. The van der Waals surface area contributed by atoms with Crippen molar-refractivity contribution in [1.29, 1.82) is 0 Å². The van der Waals surface area contributed by atoms with Gasteiger partial charge in [-0.2, -0.15) is 0 Å². The molecule has 6 nitrogen and oxygen atoms in total. The molecule has 2 heterocycles. The van der Waals surface area contributed by atoms with Crippen molar-refractivity contribution in [3.05, 3.63) is 0 Å². The Kier molecular flexibility index (Phi) is 8.81. The summed E-state index contributed by atoms with van der Waals surface area (Å²) in [7, 11) is 0. The summed E-state index contributed by atoms with van der Waals surface area (Å²) in [5.74, 6) is -3.15. The minimum absolute atomic E-state index is 0.281. The largest absolute Gasteiger partial charge is 0.550 e. The van der Waals surface area contributed by atoms with E-state index in [0.29, 0.717) is 37.8 Å². The summed E-state index contributed by atoms with van der Waals surface area (Å²) in [5.41, 5.74) is -2.60. The number of carboxylic acids is 2. The van der Waals surface area contributed by atoms with Gasteiger partial charge >= 0.3 is 0 Å². The first-order chi connectivity index (χ1) is 16.2. The van der Waals surface area contributed by atoms with Crippen LogP contribution in [0.4, 0.5) is 0 Å². The number of hydrogen-bond acceptors (Lipinski definition) is 6. The van der Waals surface area contributed by atoms with Crippen molar-refractivity contribution < 1.29 is 19.8 Å². The number of nitrogens with zero attached hydrogens (tertiary/aromatic N) is 2. The van der Waals surface area contributed by atoms with E-state index in [1.165, 1.54) is 0 Å². The highest BCUT2D eigenvalue weighted by molar-refractivity contribution is 5.80. The Morgan fingerprint density at radius 1 is 0.722 bits per heavy atom. The highest BCUT2D eigenvalue weighted by atomic mass is 16.4. The van der Waals surface area contributed by atoms with Crippen molar-refractivity contribution in [3.8, 4) is 0 Å². The zero-order valence-electron chi connectivity index (χ0n) is 25.3. The molecule has 0 radical (unpaired) electrons. The Hall–Kier alpha value is -1.14. The molecule has 210 valence electrons. The fourth-order valence-corrected chi connectivity index (χ4v) is 9.33. The maximum Gasteiger partial charge on any atom is 0.0485 e. The van der Waals surface area contributed by atoms with Crippen LogP contribution in [-0.4, -0.2) is 56.0 Å². The van der Waals surface area contributed by atoms with Crippen LogP contribution in [-0.2, 0) is 9.59 Å². The van der Waals surface area contributed by atoms with Crippen molar-refractivity contribution in [3.63, 3.8) is 0 Å². The summed E-state index contributed by atoms with van der Waals surface area (Å²) in [6, 6.07) is 0.678. The second kappa shape index (κ2) is 10.2. The van der Waals surface area contributed by atoms with Crippen molar-refractivity contribution >= 4 is 11.9 Å². The van der Waals surface area contributed by atoms with E-state index < -0.39 is 23.8 Å². The average Bonchev–Trinajstić information content (AvgIpc) is 2.67. The first-order valence-electron chi connectivity index (χ1n) is 14.2. The van der Waals surface area contributed by atoms with E-state index in [4.69, 9.17) is 0 Å². The molecule has 2 fully saturated rings. The molecule has 2 rings (SSSR count). The van der Waals surface area contributed by atoms with E-state index in [9.17, 15) is 19.8 Å². The minimum atomic E-state index is -1.48. The quantitative estimate of drug-likeness (QED) is 0.470. The lowest BCUT2D eigenvalue weighted by Crippen LogP contribution is -2.70. The van der Waals surface area contributed by atoms with Crippen molar-refractivity contribution in [1.82, 2.24) is 9.80 Å². The van der Waals surface area contributed by atoms with Gasteiger partial charge in [-0.15, -0.1) is 0 Å². The number of hydrogen-bond donors (Lipinski definition) is 0. The van der Waals surface area contributed by atoms with Gasteiger partial charge in [0.25, 0.3) is 0 Å². The van der Waals surface area contributed by atoms with E-state index in [2.05, 4.69) is 92.9 Å². The summed E-state index contributed by atoms with van der Waals surface area (Å²) in [4.78, 5) is 30.6. The molecule has 0 aromatic heterocycles. The maximum atomic E-state index is 13.3. The van der Waals surface area contributed by atoms with Crippen LogP contribution in [0.15, 0.2) is 0 Å². The first-order valence-corrected chi connectivity index (χ1v) is 14.2. The lowest BCUT2D eigenvalue weighted by Gasteiger charge is -2.65. The Balaban J connectivity index is 2.68. The highest BCUT2D eigenvalue weighted by Crippen LogP contribution is 2.58. The van der Waals surface area contributed by atoms with Gasteiger partial charge in [0, 0.05) is 51.6 Å². The van der Waals surface area contributed by atoms with E-state index >= 15 is 0 Å². The molecule has 0 N–H and O–H groups in total. The monoisotopic (exact) mass is 506 g/mol. The topological polar surface area (TPSA) is 86.7 Å². The standard InChI is InChI=1S/C30H56N2O4/c1-13-20(3)31-26(5,6)15-22(16-27(31,7)8)30(25(35)36,19-24(33)34)23-17-28(9,10)32(21(4)14-2)29(11,12)18-23/h20-23H,13-19H2,1-12H3,(H,33,34)(H,35,36)/p-2. The zero-order valence-corrected chi connectivity index (χ0v) is 25.3.